The Labute approximate surface area is 156 Å². The molecule has 0 spiro atoms. The molecule has 3 rings (SSSR count). The number of carbonyl (C=O) groups is 1. The van der Waals surface area contributed by atoms with E-state index in [1.165, 1.54) is 5.56 Å². The third-order valence-electron chi connectivity index (χ3n) is 4.94. The average Bonchev–Trinajstić information content (AvgIpc) is 3.11. The van der Waals surface area contributed by atoms with Gasteiger partial charge in [0, 0.05) is 6.54 Å². The second-order valence-electron chi connectivity index (χ2n) is 6.85. The van der Waals surface area contributed by atoms with Crippen LogP contribution in [0, 0.1) is 0 Å². The summed E-state index contributed by atoms with van der Waals surface area (Å²) in [5.74, 6) is 0.986. The molecule has 1 saturated heterocycles. The number of nitrogens with zero attached hydrogens (tertiary/aromatic N) is 1. The second kappa shape index (κ2) is 8.86. The molecule has 1 amide bonds. The lowest BCUT2D eigenvalue weighted by Gasteiger charge is -2.25. The average molecular weight is 352 g/mol. The standard InChI is InChI=1S/C22H28N2O2/c1-3-26-20-13-11-19(12-14-20)17(2)23-22(25)21-10-7-15-24(21)16-18-8-5-4-6-9-18/h4-6,8-9,11-14,17,21H,3,7,10,15-16H2,1-2H3,(H,23,25). The fourth-order valence-electron chi connectivity index (χ4n) is 3.54. The van der Waals surface area contributed by atoms with Gasteiger partial charge in [-0.25, -0.2) is 0 Å². The van der Waals surface area contributed by atoms with Crippen LogP contribution < -0.4 is 10.1 Å². The van der Waals surface area contributed by atoms with Crippen LogP contribution in [0.5, 0.6) is 5.75 Å². The minimum absolute atomic E-state index is 0.0163. The number of amides is 1. The van der Waals surface area contributed by atoms with Gasteiger partial charge in [-0.1, -0.05) is 42.5 Å². The van der Waals surface area contributed by atoms with Gasteiger partial charge in [0.2, 0.25) is 5.91 Å². The maximum absolute atomic E-state index is 12.8. The summed E-state index contributed by atoms with van der Waals surface area (Å²) in [6, 6.07) is 18.3. The summed E-state index contributed by atoms with van der Waals surface area (Å²) in [5.41, 5.74) is 2.35. The van der Waals surface area contributed by atoms with E-state index in [1.54, 1.807) is 0 Å². The lowest BCUT2D eigenvalue weighted by Crippen LogP contribution is -2.43. The normalized spacial score (nSPS) is 18.5. The molecule has 0 aliphatic carbocycles. The minimum atomic E-state index is -0.0413. The number of hydrogen-bond acceptors (Lipinski definition) is 3. The molecule has 26 heavy (non-hydrogen) atoms. The van der Waals surface area contributed by atoms with Crippen LogP contribution in [0.2, 0.25) is 0 Å². The molecule has 4 nitrogen and oxygen atoms in total. The van der Waals surface area contributed by atoms with Gasteiger partial charge in [0.25, 0.3) is 0 Å². The van der Waals surface area contributed by atoms with Crippen molar-refractivity contribution in [3.8, 4) is 5.75 Å². The molecule has 0 aromatic heterocycles. The van der Waals surface area contributed by atoms with Crippen LogP contribution >= 0.6 is 0 Å². The Balaban J connectivity index is 1.59. The van der Waals surface area contributed by atoms with E-state index in [0.717, 1.165) is 37.2 Å². The highest BCUT2D eigenvalue weighted by Crippen LogP contribution is 2.22. The second-order valence-corrected chi connectivity index (χ2v) is 6.85. The number of rotatable bonds is 7. The zero-order chi connectivity index (χ0) is 18.4. The van der Waals surface area contributed by atoms with Gasteiger partial charge in [-0.3, -0.25) is 9.69 Å². The van der Waals surface area contributed by atoms with E-state index in [9.17, 15) is 4.79 Å². The zero-order valence-corrected chi connectivity index (χ0v) is 15.7. The Bertz CT molecular complexity index is 700. The van der Waals surface area contributed by atoms with Crippen LogP contribution in [-0.2, 0) is 11.3 Å². The van der Waals surface area contributed by atoms with Crippen molar-refractivity contribution >= 4 is 5.91 Å². The summed E-state index contributed by atoms with van der Waals surface area (Å²) in [6.45, 7) is 6.47. The Morgan fingerprint density at radius 2 is 1.92 bits per heavy atom. The molecule has 1 heterocycles. The molecule has 0 saturated carbocycles. The van der Waals surface area contributed by atoms with Crippen molar-refractivity contribution in [1.29, 1.82) is 0 Å². The number of likely N-dealkylation sites (tertiary alicyclic amines) is 1. The number of carbonyl (C=O) groups excluding carboxylic acids is 1. The van der Waals surface area contributed by atoms with Crippen molar-refractivity contribution in [1.82, 2.24) is 10.2 Å². The SMILES string of the molecule is CCOc1ccc(C(C)NC(=O)C2CCCN2Cc2ccccc2)cc1. The van der Waals surface area contributed by atoms with Crippen molar-refractivity contribution < 1.29 is 9.53 Å². The van der Waals surface area contributed by atoms with E-state index in [1.807, 2.05) is 44.2 Å². The molecule has 1 aliphatic rings. The first-order valence-corrected chi connectivity index (χ1v) is 9.48. The maximum Gasteiger partial charge on any atom is 0.237 e. The Morgan fingerprint density at radius 3 is 2.62 bits per heavy atom. The number of hydrogen-bond donors (Lipinski definition) is 1. The number of nitrogens with one attached hydrogen (secondary N) is 1. The number of ether oxygens (including phenoxy) is 1. The molecule has 1 N–H and O–H groups in total. The van der Waals surface area contributed by atoms with Gasteiger partial charge in [-0.15, -0.1) is 0 Å². The van der Waals surface area contributed by atoms with Crippen molar-refractivity contribution in [3.63, 3.8) is 0 Å². The van der Waals surface area contributed by atoms with E-state index in [0.29, 0.717) is 6.61 Å². The first-order valence-electron chi connectivity index (χ1n) is 9.48. The molecule has 1 fully saturated rings. The van der Waals surface area contributed by atoms with Crippen LogP contribution in [0.1, 0.15) is 43.9 Å². The fourth-order valence-corrected chi connectivity index (χ4v) is 3.54. The van der Waals surface area contributed by atoms with Gasteiger partial charge >= 0.3 is 0 Å². The van der Waals surface area contributed by atoms with Crippen molar-refractivity contribution in [2.45, 2.75) is 45.3 Å². The smallest absolute Gasteiger partial charge is 0.237 e. The van der Waals surface area contributed by atoms with Gasteiger partial charge in [-0.05, 0) is 56.5 Å². The van der Waals surface area contributed by atoms with Crippen LogP contribution in [0.15, 0.2) is 54.6 Å². The molecule has 2 atom stereocenters. The Hall–Kier alpha value is -2.33. The van der Waals surface area contributed by atoms with Gasteiger partial charge in [0.1, 0.15) is 5.75 Å². The van der Waals surface area contributed by atoms with Crippen molar-refractivity contribution in [2.24, 2.45) is 0 Å². The summed E-state index contributed by atoms with van der Waals surface area (Å²) >= 11 is 0. The van der Waals surface area contributed by atoms with E-state index < -0.39 is 0 Å². The highest BCUT2D eigenvalue weighted by Gasteiger charge is 2.31. The van der Waals surface area contributed by atoms with E-state index in [-0.39, 0.29) is 18.0 Å². The third-order valence-corrected chi connectivity index (χ3v) is 4.94. The molecule has 4 heteroatoms. The zero-order valence-electron chi connectivity index (χ0n) is 15.7. The van der Waals surface area contributed by atoms with Gasteiger partial charge in [-0.2, -0.15) is 0 Å². The van der Waals surface area contributed by atoms with E-state index >= 15 is 0 Å². The van der Waals surface area contributed by atoms with Crippen LogP contribution in [-0.4, -0.2) is 30.0 Å². The predicted molar refractivity (Wildman–Crippen MR) is 104 cm³/mol. The van der Waals surface area contributed by atoms with Gasteiger partial charge in [0.15, 0.2) is 0 Å². The third kappa shape index (κ3) is 4.64. The monoisotopic (exact) mass is 352 g/mol. The summed E-state index contributed by atoms with van der Waals surface area (Å²) in [6.07, 6.45) is 2.00. The summed E-state index contributed by atoms with van der Waals surface area (Å²) in [5, 5.41) is 3.18. The minimum Gasteiger partial charge on any atom is -0.494 e. The molecule has 138 valence electrons. The molecular formula is C22H28N2O2. The topological polar surface area (TPSA) is 41.6 Å². The van der Waals surface area contributed by atoms with Crippen molar-refractivity contribution in [2.75, 3.05) is 13.2 Å². The first-order chi connectivity index (χ1) is 12.7. The maximum atomic E-state index is 12.8. The van der Waals surface area contributed by atoms with Crippen LogP contribution in [0.25, 0.3) is 0 Å². The Kier molecular flexibility index (Phi) is 6.29. The van der Waals surface area contributed by atoms with Crippen molar-refractivity contribution in [3.05, 3.63) is 65.7 Å². The predicted octanol–water partition coefficient (Wildman–Crippen LogP) is 3.93. The molecule has 0 radical (unpaired) electrons. The summed E-state index contributed by atoms with van der Waals surface area (Å²) in [4.78, 5) is 15.1. The highest BCUT2D eigenvalue weighted by atomic mass is 16.5. The van der Waals surface area contributed by atoms with Crippen LogP contribution in [0.3, 0.4) is 0 Å². The largest absolute Gasteiger partial charge is 0.494 e. The molecule has 0 bridgehead atoms. The van der Waals surface area contributed by atoms with E-state index in [4.69, 9.17) is 4.74 Å². The highest BCUT2D eigenvalue weighted by molar-refractivity contribution is 5.82. The van der Waals surface area contributed by atoms with Gasteiger partial charge < -0.3 is 10.1 Å². The lowest BCUT2D eigenvalue weighted by molar-refractivity contribution is -0.126. The molecular weight excluding hydrogens is 324 g/mol. The molecule has 2 aromatic rings. The first kappa shape index (κ1) is 18.5. The quantitative estimate of drug-likeness (QED) is 0.821. The van der Waals surface area contributed by atoms with E-state index in [2.05, 4.69) is 34.5 Å². The van der Waals surface area contributed by atoms with Gasteiger partial charge in [0.05, 0.1) is 18.7 Å². The number of benzene rings is 2. The lowest BCUT2D eigenvalue weighted by atomic mass is 10.1. The summed E-state index contributed by atoms with van der Waals surface area (Å²) in [7, 11) is 0. The van der Waals surface area contributed by atoms with Crippen LogP contribution in [0.4, 0.5) is 0 Å². The molecule has 2 unspecified atom stereocenters. The summed E-state index contributed by atoms with van der Waals surface area (Å²) < 4.78 is 5.48. The fraction of sp³-hybridized carbons (Fsp3) is 0.409. The molecule has 1 aliphatic heterocycles. The Morgan fingerprint density at radius 1 is 1.19 bits per heavy atom. The molecule has 2 aromatic carbocycles.